The van der Waals surface area contributed by atoms with Crippen LogP contribution in [0.5, 0.6) is 0 Å². The first kappa shape index (κ1) is 12.9. The van der Waals surface area contributed by atoms with Gasteiger partial charge in [0, 0.05) is 12.1 Å². The van der Waals surface area contributed by atoms with Gasteiger partial charge >= 0.3 is 0 Å². The van der Waals surface area contributed by atoms with Crippen LogP contribution in [0.15, 0.2) is 0 Å². The highest BCUT2D eigenvalue weighted by molar-refractivity contribution is 7.89. The molecule has 1 rings (SSSR count). The number of aliphatic hydroxyl groups is 1. The van der Waals surface area contributed by atoms with E-state index < -0.39 is 10.0 Å². The number of rotatable bonds is 4. The Morgan fingerprint density at radius 2 is 2.20 bits per heavy atom. The molecule has 0 aromatic rings. The summed E-state index contributed by atoms with van der Waals surface area (Å²) < 4.78 is 25.4. The molecule has 1 fully saturated rings. The molecule has 1 saturated heterocycles. The summed E-state index contributed by atoms with van der Waals surface area (Å²) in [5, 5.41) is 8.60. The Kier molecular flexibility index (Phi) is 4.51. The zero-order valence-electron chi connectivity index (χ0n) is 9.31. The van der Waals surface area contributed by atoms with Crippen LogP contribution in [0, 0.1) is 0 Å². The van der Waals surface area contributed by atoms with Crippen LogP contribution in [0.25, 0.3) is 0 Å². The van der Waals surface area contributed by atoms with Crippen molar-refractivity contribution in [1.82, 2.24) is 9.62 Å². The summed E-state index contributed by atoms with van der Waals surface area (Å²) in [6, 6.07) is 0.424. The van der Waals surface area contributed by atoms with Crippen LogP contribution in [0.2, 0.25) is 0 Å². The maximum absolute atomic E-state index is 11.4. The van der Waals surface area contributed by atoms with E-state index in [1.54, 1.807) is 0 Å². The molecular weight excluding hydrogens is 216 g/mol. The number of hydrogen-bond donors (Lipinski definition) is 2. The number of likely N-dealkylation sites (tertiary alicyclic amines) is 1. The van der Waals surface area contributed by atoms with Crippen molar-refractivity contribution < 1.29 is 13.5 Å². The number of nitrogens with zero attached hydrogens (tertiary/aromatic N) is 1. The van der Waals surface area contributed by atoms with E-state index in [0.717, 1.165) is 19.4 Å². The predicted molar refractivity (Wildman–Crippen MR) is 59.1 cm³/mol. The highest BCUT2D eigenvalue weighted by atomic mass is 32.2. The smallest absolute Gasteiger partial charge is 0.214 e. The van der Waals surface area contributed by atoms with Gasteiger partial charge in [0.25, 0.3) is 0 Å². The molecule has 6 heteroatoms. The van der Waals surface area contributed by atoms with Gasteiger partial charge in [-0.1, -0.05) is 0 Å². The van der Waals surface area contributed by atoms with Crippen molar-refractivity contribution in [2.45, 2.75) is 31.8 Å². The number of hydrogen-bond acceptors (Lipinski definition) is 4. The van der Waals surface area contributed by atoms with Gasteiger partial charge in [0.2, 0.25) is 10.0 Å². The Balaban J connectivity index is 2.46. The van der Waals surface area contributed by atoms with Crippen LogP contribution in [-0.4, -0.2) is 56.5 Å². The van der Waals surface area contributed by atoms with E-state index in [0.29, 0.717) is 6.04 Å². The molecule has 0 bridgehead atoms. The second kappa shape index (κ2) is 5.25. The molecule has 15 heavy (non-hydrogen) atoms. The molecule has 1 aliphatic heterocycles. The molecule has 0 radical (unpaired) electrons. The van der Waals surface area contributed by atoms with Crippen molar-refractivity contribution in [2.24, 2.45) is 0 Å². The second-order valence-corrected chi connectivity index (χ2v) is 6.08. The van der Waals surface area contributed by atoms with Crippen molar-refractivity contribution in [2.75, 3.05) is 26.0 Å². The molecule has 0 aliphatic carbocycles. The average molecular weight is 236 g/mol. The minimum atomic E-state index is -3.29. The second-order valence-electron chi connectivity index (χ2n) is 4.21. The SMILES string of the molecule is CC1CC(NS(=O)(=O)CCO)CCN1C. The maximum Gasteiger partial charge on any atom is 0.214 e. The lowest BCUT2D eigenvalue weighted by Gasteiger charge is -2.35. The third kappa shape index (κ3) is 4.06. The zero-order chi connectivity index (χ0) is 11.5. The van der Waals surface area contributed by atoms with Gasteiger partial charge in [-0.05, 0) is 33.4 Å². The van der Waals surface area contributed by atoms with Crippen LogP contribution in [-0.2, 0) is 10.0 Å². The van der Waals surface area contributed by atoms with Crippen molar-refractivity contribution in [1.29, 1.82) is 0 Å². The third-order valence-electron chi connectivity index (χ3n) is 2.91. The minimum absolute atomic E-state index is 0.0211. The normalized spacial score (nSPS) is 29.3. The Hall–Kier alpha value is -0.170. The van der Waals surface area contributed by atoms with E-state index in [-0.39, 0.29) is 18.4 Å². The van der Waals surface area contributed by atoms with Gasteiger partial charge in [-0.25, -0.2) is 13.1 Å². The van der Waals surface area contributed by atoms with Gasteiger partial charge in [-0.2, -0.15) is 0 Å². The number of nitrogens with one attached hydrogen (secondary N) is 1. The summed E-state index contributed by atoms with van der Waals surface area (Å²) >= 11 is 0. The van der Waals surface area contributed by atoms with Gasteiger partial charge in [-0.15, -0.1) is 0 Å². The summed E-state index contributed by atoms with van der Waals surface area (Å²) in [5.74, 6) is -0.201. The highest BCUT2D eigenvalue weighted by Crippen LogP contribution is 2.15. The van der Waals surface area contributed by atoms with Gasteiger partial charge in [0.05, 0.1) is 12.4 Å². The molecule has 5 nitrogen and oxygen atoms in total. The van der Waals surface area contributed by atoms with Crippen molar-refractivity contribution in [3.63, 3.8) is 0 Å². The van der Waals surface area contributed by atoms with Gasteiger partial charge in [0.15, 0.2) is 0 Å². The number of piperidine rings is 1. The molecule has 2 atom stereocenters. The molecule has 0 spiro atoms. The molecule has 0 saturated carbocycles. The first-order valence-corrected chi connectivity index (χ1v) is 6.91. The highest BCUT2D eigenvalue weighted by Gasteiger charge is 2.25. The Morgan fingerprint density at radius 1 is 1.53 bits per heavy atom. The zero-order valence-corrected chi connectivity index (χ0v) is 10.1. The quantitative estimate of drug-likeness (QED) is 0.682. The topological polar surface area (TPSA) is 69.6 Å². The van der Waals surface area contributed by atoms with Crippen molar-refractivity contribution in [3.05, 3.63) is 0 Å². The fourth-order valence-corrected chi connectivity index (χ4v) is 2.91. The summed E-state index contributed by atoms with van der Waals surface area (Å²) in [6.07, 6.45) is 1.67. The molecule has 0 amide bonds. The van der Waals surface area contributed by atoms with Crippen LogP contribution in [0.3, 0.4) is 0 Å². The van der Waals surface area contributed by atoms with E-state index in [2.05, 4.69) is 16.5 Å². The van der Waals surface area contributed by atoms with Crippen LogP contribution in [0.1, 0.15) is 19.8 Å². The molecule has 90 valence electrons. The van der Waals surface area contributed by atoms with Crippen LogP contribution in [0.4, 0.5) is 0 Å². The van der Waals surface area contributed by atoms with E-state index >= 15 is 0 Å². The van der Waals surface area contributed by atoms with Crippen molar-refractivity contribution in [3.8, 4) is 0 Å². The fraction of sp³-hybridized carbons (Fsp3) is 1.00. The molecule has 1 aliphatic rings. The van der Waals surface area contributed by atoms with Crippen LogP contribution < -0.4 is 4.72 Å². The van der Waals surface area contributed by atoms with E-state index in [1.807, 2.05) is 7.05 Å². The summed E-state index contributed by atoms with van der Waals surface area (Å²) in [6.45, 7) is 2.68. The van der Waals surface area contributed by atoms with E-state index in [4.69, 9.17) is 5.11 Å². The lowest BCUT2D eigenvalue weighted by Crippen LogP contribution is -2.47. The third-order valence-corrected chi connectivity index (χ3v) is 4.33. The van der Waals surface area contributed by atoms with Gasteiger partial charge < -0.3 is 10.0 Å². The van der Waals surface area contributed by atoms with Crippen LogP contribution >= 0.6 is 0 Å². The lowest BCUT2D eigenvalue weighted by molar-refractivity contribution is 0.178. The molecule has 1 heterocycles. The van der Waals surface area contributed by atoms with Crippen molar-refractivity contribution >= 4 is 10.0 Å². The standard InChI is InChI=1S/C9H20N2O3S/c1-8-7-9(3-4-11(8)2)10-15(13,14)6-5-12/h8-10,12H,3-7H2,1-2H3. The Labute approximate surface area is 91.5 Å². The largest absolute Gasteiger partial charge is 0.395 e. The number of sulfonamides is 1. The lowest BCUT2D eigenvalue weighted by atomic mass is 10.0. The Morgan fingerprint density at radius 3 is 2.73 bits per heavy atom. The van der Waals surface area contributed by atoms with Gasteiger partial charge in [-0.3, -0.25) is 0 Å². The average Bonchev–Trinajstić information content (AvgIpc) is 2.10. The summed E-state index contributed by atoms with van der Waals surface area (Å²) in [4.78, 5) is 2.22. The maximum atomic E-state index is 11.4. The monoisotopic (exact) mass is 236 g/mol. The molecule has 2 unspecified atom stereocenters. The predicted octanol–water partition coefficient (Wildman–Crippen LogP) is -0.619. The first-order valence-electron chi connectivity index (χ1n) is 5.25. The molecule has 2 N–H and O–H groups in total. The molecule has 0 aromatic carbocycles. The van der Waals surface area contributed by atoms with E-state index in [1.165, 1.54) is 0 Å². The van der Waals surface area contributed by atoms with E-state index in [9.17, 15) is 8.42 Å². The summed E-state index contributed by atoms with van der Waals surface area (Å²) in [5.41, 5.74) is 0. The minimum Gasteiger partial charge on any atom is -0.395 e. The van der Waals surface area contributed by atoms with Gasteiger partial charge in [0.1, 0.15) is 0 Å². The molecule has 0 aromatic heterocycles. The summed E-state index contributed by atoms with van der Waals surface area (Å²) in [7, 11) is -1.25. The first-order chi connectivity index (χ1) is 6.94. The number of aliphatic hydroxyl groups excluding tert-OH is 1. The Bertz CT molecular complexity index is 292. The molecular formula is C9H20N2O3S. The fourth-order valence-electron chi connectivity index (χ4n) is 1.83.